The first-order valence-electron chi connectivity index (χ1n) is 9.36. The number of fused-ring (bicyclic) bond motifs is 2. The van der Waals surface area contributed by atoms with Gasteiger partial charge in [0, 0.05) is 11.4 Å². The molecule has 6 nitrogen and oxygen atoms in total. The number of H-pyrrole nitrogens is 1. The summed E-state index contributed by atoms with van der Waals surface area (Å²) < 4.78 is 0. The summed E-state index contributed by atoms with van der Waals surface area (Å²) in [6.07, 6.45) is 2.36. The first kappa shape index (κ1) is 17.2. The van der Waals surface area contributed by atoms with Crippen molar-refractivity contribution in [3.63, 3.8) is 0 Å². The van der Waals surface area contributed by atoms with Crippen LogP contribution in [0.5, 0.6) is 0 Å². The van der Waals surface area contributed by atoms with Crippen molar-refractivity contribution in [2.45, 2.75) is 36.2 Å². The minimum atomic E-state index is -0.122. The van der Waals surface area contributed by atoms with Crippen LogP contribution in [-0.2, 0) is 0 Å². The zero-order valence-corrected chi connectivity index (χ0v) is 16.2. The first-order chi connectivity index (χ1) is 13.7. The fourth-order valence-electron chi connectivity index (χ4n) is 3.15. The predicted molar refractivity (Wildman–Crippen MR) is 113 cm³/mol. The van der Waals surface area contributed by atoms with E-state index in [4.69, 9.17) is 9.97 Å². The van der Waals surface area contributed by atoms with E-state index in [-0.39, 0.29) is 10.8 Å². The molecule has 4 aromatic rings. The maximum atomic E-state index is 12.4. The molecule has 1 atom stereocenters. The summed E-state index contributed by atoms with van der Waals surface area (Å²) in [5, 5.41) is 5.72. The normalized spacial score (nSPS) is 15.0. The molecule has 1 unspecified atom stereocenters. The van der Waals surface area contributed by atoms with Crippen molar-refractivity contribution in [1.29, 1.82) is 0 Å². The average molecular weight is 389 g/mol. The number of aromatic nitrogens is 4. The molecule has 1 aliphatic rings. The van der Waals surface area contributed by atoms with Crippen LogP contribution in [0.4, 0.5) is 5.82 Å². The van der Waals surface area contributed by atoms with Gasteiger partial charge in [-0.05, 0) is 44.0 Å². The van der Waals surface area contributed by atoms with E-state index < -0.39 is 0 Å². The first-order valence-corrected chi connectivity index (χ1v) is 10.2. The molecule has 140 valence electrons. The molecule has 0 spiro atoms. The van der Waals surface area contributed by atoms with Crippen molar-refractivity contribution in [3.05, 3.63) is 64.7 Å². The zero-order valence-electron chi connectivity index (χ0n) is 15.3. The monoisotopic (exact) mass is 389 g/mol. The van der Waals surface area contributed by atoms with Gasteiger partial charge in [0.1, 0.15) is 11.6 Å². The Hall–Kier alpha value is -2.93. The fraction of sp³-hybridized carbons (Fsp3) is 0.238. The van der Waals surface area contributed by atoms with E-state index in [0.717, 1.165) is 16.7 Å². The Bertz CT molecular complexity index is 1230. The van der Waals surface area contributed by atoms with E-state index in [1.165, 1.54) is 24.6 Å². The van der Waals surface area contributed by atoms with Gasteiger partial charge < -0.3 is 10.3 Å². The van der Waals surface area contributed by atoms with Gasteiger partial charge in [-0.15, -0.1) is 0 Å². The Balaban J connectivity index is 1.50. The second-order valence-electron chi connectivity index (χ2n) is 7.02. The van der Waals surface area contributed by atoms with Crippen LogP contribution < -0.4 is 10.9 Å². The summed E-state index contributed by atoms with van der Waals surface area (Å²) >= 11 is 1.50. The molecule has 28 heavy (non-hydrogen) atoms. The van der Waals surface area contributed by atoms with Crippen molar-refractivity contribution in [1.82, 2.24) is 19.9 Å². The SMILES string of the molecule is CC(Sc1nc(NC2CC2)c2ccccc2n1)c1nc2ccccc2c(=O)[nH]1. The lowest BCUT2D eigenvalue weighted by molar-refractivity contribution is 0.906. The molecule has 5 rings (SSSR count). The number of anilines is 1. The minimum Gasteiger partial charge on any atom is -0.367 e. The van der Waals surface area contributed by atoms with Crippen molar-refractivity contribution in [2.24, 2.45) is 0 Å². The summed E-state index contributed by atoms with van der Waals surface area (Å²) in [6.45, 7) is 2.00. The molecular weight excluding hydrogens is 370 g/mol. The van der Waals surface area contributed by atoms with E-state index in [1.807, 2.05) is 49.4 Å². The van der Waals surface area contributed by atoms with Gasteiger partial charge in [-0.25, -0.2) is 15.0 Å². The van der Waals surface area contributed by atoms with E-state index in [0.29, 0.717) is 27.9 Å². The van der Waals surface area contributed by atoms with Crippen LogP contribution in [0.15, 0.2) is 58.5 Å². The number of benzene rings is 2. The second kappa shape index (κ2) is 6.91. The lowest BCUT2D eigenvalue weighted by atomic mass is 10.2. The van der Waals surface area contributed by atoms with Gasteiger partial charge in [-0.2, -0.15) is 0 Å². The minimum absolute atomic E-state index is 0.0905. The maximum absolute atomic E-state index is 12.4. The largest absolute Gasteiger partial charge is 0.367 e. The topological polar surface area (TPSA) is 83.6 Å². The Morgan fingerprint density at radius 1 is 1.00 bits per heavy atom. The third-order valence-electron chi connectivity index (χ3n) is 4.80. The highest BCUT2D eigenvalue weighted by atomic mass is 32.2. The molecule has 1 aliphatic carbocycles. The van der Waals surface area contributed by atoms with Gasteiger partial charge in [-0.1, -0.05) is 36.0 Å². The van der Waals surface area contributed by atoms with Crippen LogP contribution in [0.1, 0.15) is 30.8 Å². The van der Waals surface area contributed by atoms with E-state index >= 15 is 0 Å². The summed E-state index contributed by atoms with van der Waals surface area (Å²) in [5.74, 6) is 1.50. The van der Waals surface area contributed by atoms with Gasteiger partial charge in [0.25, 0.3) is 5.56 Å². The number of nitrogens with zero attached hydrogens (tertiary/aromatic N) is 3. The van der Waals surface area contributed by atoms with E-state index in [9.17, 15) is 4.79 Å². The molecular formula is C21H19N5OS. The standard InChI is InChI=1S/C21H19N5OS/c1-12(18-23-17-9-5-3-7-15(17)20(27)25-18)28-21-24-16-8-4-2-6-14(16)19(26-21)22-13-10-11-13/h2-9,12-13H,10-11H2,1H3,(H,22,24,26)(H,23,25,27). The van der Waals surface area contributed by atoms with Crippen molar-refractivity contribution < 1.29 is 0 Å². The number of rotatable bonds is 5. The number of thioether (sulfide) groups is 1. The molecule has 0 amide bonds. The molecule has 2 aromatic heterocycles. The molecule has 0 aliphatic heterocycles. The lowest BCUT2D eigenvalue weighted by Gasteiger charge is -2.13. The number of nitrogens with one attached hydrogen (secondary N) is 2. The second-order valence-corrected chi connectivity index (χ2v) is 8.33. The quantitative estimate of drug-likeness (QED) is 0.391. The van der Waals surface area contributed by atoms with Gasteiger partial charge in [-0.3, -0.25) is 4.79 Å². The number of aromatic amines is 1. The average Bonchev–Trinajstić information content (AvgIpc) is 3.52. The number of hydrogen-bond acceptors (Lipinski definition) is 6. The van der Waals surface area contributed by atoms with Crippen molar-refractivity contribution >= 4 is 39.4 Å². The summed E-state index contributed by atoms with van der Waals surface area (Å²) in [4.78, 5) is 29.4. The van der Waals surface area contributed by atoms with Crippen LogP contribution in [0.2, 0.25) is 0 Å². The molecule has 0 bridgehead atoms. The highest BCUT2D eigenvalue weighted by Gasteiger charge is 2.23. The van der Waals surface area contributed by atoms with Crippen LogP contribution in [0, 0.1) is 0 Å². The van der Waals surface area contributed by atoms with Gasteiger partial charge >= 0.3 is 0 Å². The van der Waals surface area contributed by atoms with Crippen LogP contribution in [0.3, 0.4) is 0 Å². The Morgan fingerprint density at radius 3 is 2.43 bits per heavy atom. The van der Waals surface area contributed by atoms with E-state index in [1.54, 1.807) is 6.07 Å². The van der Waals surface area contributed by atoms with Crippen molar-refractivity contribution in [2.75, 3.05) is 5.32 Å². The van der Waals surface area contributed by atoms with Gasteiger partial charge in [0.2, 0.25) is 0 Å². The molecule has 1 fully saturated rings. The molecule has 7 heteroatoms. The number of para-hydroxylation sites is 2. The van der Waals surface area contributed by atoms with Gasteiger partial charge in [0.05, 0.1) is 21.7 Å². The molecule has 2 aromatic carbocycles. The summed E-state index contributed by atoms with van der Waals surface area (Å²) in [5.41, 5.74) is 1.49. The van der Waals surface area contributed by atoms with Crippen LogP contribution in [0.25, 0.3) is 21.8 Å². The Labute approximate surface area is 165 Å². The molecule has 2 N–H and O–H groups in total. The fourth-order valence-corrected chi connectivity index (χ4v) is 3.98. The Kier molecular flexibility index (Phi) is 4.24. The van der Waals surface area contributed by atoms with Gasteiger partial charge in [0.15, 0.2) is 5.16 Å². The molecule has 0 radical (unpaired) electrons. The number of hydrogen-bond donors (Lipinski definition) is 2. The summed E-state index contributed by atoms with van der Waals surface area (Å²) in [7, 11) is 0. The third kappa shape index (κ3) is 3.33. The zero-order chi connectivity index (χ0) is 19.1. The predicted octanol–water partition coefficient (Wildman–Crippen LogP) is 4.29. The smallest absolute Gasteiger partial charge is 0.258 e. The molecule has 1 saturated carbocycles. The third-order valence-corrected chi connectivity index (χ3v) is 5.77. The van der Waals surface area contributed by atoms with E-state index in [2.05, 4.69) is 15.3 Å². The molecule has 0 saturated heterocycles. The lowest BCUT2D eigenvalue weighted by Crippen LogP contribution is -2.13. The molecule has 2 heterocycles. The maximum Gasteiger partial charge on any atom is 0.258 e. The summed E-state index contributed by atoms with van der Waals surface area (Å²) in [6, 6.07) is 15.9. The van der Waals surface area contributed by atoms with Crippen molar-refractivity contribution in [3.8, 4) is 0 Å². The van der Waals surface area contributed by atoms with Crippen LogP contribution >= 0.6 is 11.8 Å². The Morgan fingerprint density at radius 2 is 1.68 bits per heavy atom. The highest BCUT2D eigenvalue weighted by molar-refractivity contribution is 7.99. The van der Waals surface area contributed by atoms with Crippen LogP contribution in [-0.4, -0.2) is 26.0 Å². The highest BCUT2D eigenvalue weighted by Crippen LogP contribution is 2.34.